The molecule has 0 spiro atoms. The van der Waals surface area contributed by atoms with Gasteiger partial charge in [-0.2, -0.15) is 17.0 Å². The minimum absolute atomic E-state index is 0.107. The second-order valence-electron chi connectivity index (χ2n) is 7.00. The molecule has 0 aromatic heterocycles. The number of halogens is 1. The van der Waals surface area contributed by atoms with Crippen molar-refractivity contribution in [2.24, 2.45) is 0 Å². The van der Waals surface area contributed by atoms with Crippen LogP contribution in [0, 0.1) is 5.82 Å². The summed E-state index contributed by atoms with van der Waals surface area (Å²) in [6.07, 6.45) is 0.571. The van der Waals surface area contributed by atoms with Crippen LogP contribution in [0.1, 0.15) is 29.3 Å². The highest BCUT2D eigenvalue weighted by molar-refractivity contribution is 7.86. The Morgan fingerprint density at radius 3 is 2.32 bits per heavy atom. The van der Waals surface area contributed by atoms with Crippen molar-refractivity contribution in [3.05, 3.63) is 65.5 Å². The molecule has 1 N–H and O–H groups in total. The molecule has 0 saturated carbocycles. The lowest BCUT2D eigenvalue weighted by Crippen LogP contribution is -2.51. The zero-order chi connectivity index (χ0) is 22.4. The lowest BCUT2D eigenvalue weighted by molar-refractivity contribution is -0.116. The van der Waals surface area contributed by atoms with Gasteiger partial charge in [-0.1, -0.05) is 12.1 Å². The molecule has 10 heteroatoms. The summed E-state index contributed by atoms with van der Waals surface area (Å²) in [5.41, 5.74) is 1.46. The fourth-order valence-electron chi connectivity index (χ4n) is 3.20. The first-order valence-electron chi connectivity index (χ1n) is 9.86. The third kappa shape index (κ3) is 5.87. The Bertz CT molecular complexity index is 1030. The van der Waals surface area contributed by atoms with Gasteiger partial charge >= 0.3 is 5.97 Å². The highest BCUT2D eigenvalue weighted by Gasteiger charge is 2.34. The average Bonchev–Trinajstić information content (AvgIpc) is 2.73. The molecule has 1 aliphatic rings. The number of benzene rings is 2. The van der Waals surface area contributed by atoms with Crippen molar-refractivity contribution in [3.8, 4) is 0 Å². The van der Waals surface area contributed by atoms with E-state index in [9.17, 15) is 22.4 Å². The molecule has 1 amide bonds. The maximum absolute atomic E-state index is 13.1. The summed E-state index contributed by atoms with van der Waals surface area (Å²) in [4.78, 5) is 24.1. The minimum Gasteiger partial charge on any atom is -0.462 e. The molecule has 0 bridgehead atoms. The van der Waals surface area contributed by atoms with Crippen LogP contribution in [0.15, 0.2) is 48.5 Å². The monoisotopic (exact) mass is 449 g/mol. The molecule has 2 aromatic carbocycles. The van der Waals surface area contributed by atoms with E-state index in [4.69, 9.17) is 4.74 Å². The van der Waals surface area contributed by atoms with Crippen molar-refractivity contribution < 1.29 is 27.1 Å². The van der Waals surface area contributed by atoms with E-state index in [2.05, 4.69) is 5.32 Å². The normalized spacial score (nSPS) is 16.6. The molecule has 2 aromatic rings. The molecular weight excluding hydrogens is 425 g/mol. The summed E-state index contributed by atoms with van der Waals surface area (Å²) in [6, 6.07) is 11.8. The van der Waals surface area contributed by atoms with Crippen LogP contribution in [-0.2, 0) is 26.3 Å². The molecule has 0 atom stereocenters. The molecule has 31 heavy (non-hydrogen) atoms. The van der Waals surface area contributed by atoms with Crippen LogP contribution in [-0.4, -0.2) is 55.1 Å². The van der Waals surface area contributed by atoms with E-state index in [-0.39, 0.29) is 32.1 Å². The Labute approximate surface area is 180 Å². The number of esters is 1. The van der Waals surface area contributed by atoms with Gasteiger partial charge in [-0.25, -0.2) is 9.18 Å². The van der Waals surface area contributed by atoms with Gasteiger partial charge in [-0.05, 0) is 55.3 Å². The van der Waals surface area contributed by atoms with Gasteiger partial charge in [0.25, 0.3) is 10.2 Å². The summed E-state index contributed by atoms with van der Waals surface area (Å²) in [5.74, 6) is -1.34. The molecule has 1 saturated heterocycles. The standard InChI is InChI=1S/C21H24FN3O5S/c1-2-30-21(27)17-6-10-19(11-7-17)23-20(26)15-25-13-3-12-24(31(25,28)29)14-16-4-8-18(22)9-5-16/h4-11H,2-3,12-15H2,1H3,(H,23,26). The summed E-state index contributed by atoms with van der Waals surface area (Å²) < 4.78 is 46.2. The van der Waals surface area contributed by atoms with Crippen molar-refractivity contribution in [1.82, 2.24) is 8.61 Å². The van der Waals surface area contributed by atoms with E-state index in [0.717, 1.165) is 4.31 Å². The Hall–Kier alpha value is -2.82. The SMILES string of the molecule is CCOC(=O)c1ccc(NC(=O)CN2CCCN(Cc3ccc(F)cc3)S2(=O)=O)cc1. The first kappa shape index (κ1) is 22.9. The van der Waals surface area contributed by atoms with E-state index in [0.29, 0.717) is 29.8 Å². The number of nitrogens with zero attached hydrogens (tertiary/aromatic N) is 2. The molecule has 3 rings (SSSR count). The largest absolute Gasteiger partial charge is 0.462 e. The van der Waals surface area contributed by atoms with Crippen LogP contribution in [0.3, 0.4) is 0 Å². The van der Waals surface area contributed by atoms with E-state index >= 15 is 0 Å². The highest BCUT2D eigenvalue weighted by atomic mass is 32.2. The number of hydrogen-bond acceptors (Lipinski definition) is 5. The minimum atomic E-state index is -3.83. The smallest absolute Gasteiger partial charge is 0.338 e. The third-order valence-corrected chi connectivity index (χ3v) is 6.67. The molecular formula is C21H24FN3O5S. The van der Waals surface area contributed by atoms with Crippen LogP contribution < -0.4 is 5.32 Å². The molecule has 1 aliphatic heterocycles. The molecule has 0 radical (unpaired) electrons. The maximum Gasteiger partial charge on any atom is 0.338 e. The van der Waals surface area contributed by atoms with Gasteiger partial charge < -0.3 is 10.1 Å². The van der Waals surface area contributed by atoms with E-state index in [1.54, 1.807) is 19.1 Å². The molecule has 1 fully saturated rings. The molecule has 0 aliphatic carbocycles. The number of anilines is 1. The Morgan fingerprint density at radius 1 is 1.03 bits per heavy atom. The number of hydrogen-bond donors (Lipinski definition) is 1. The fraction of sp³-hybridized carbons (Fsp3) is 0.333. The van der Waals surface area contributed by atoms with Crippen molar-refractivity contribution in [2.75, 3.05) is 31.6 Å². The summed E-state index contributed by atoms with van der Waals surface area (Å²) in [5, 5.41) is 2.64. The maximum atomic E-state index is 13.1. The Balaban J connectivity index is 1.61. The Morgan fingerprint density at radius 2 is 1.68 bits per heavy atom. The van der Waals surface area contributed by atoms with Crippen molar-refractivity contribution in [2.45, 2.75) is 19.9 Å². The van der Waals surface area contributed by atoms with Gasteiger partial charge in [0.1, 0.15) is 5.82 Å². The number of ether oxygens (including phenoxy) is 1. The van der Waals surface area contributed by atoms with E-state index in [1.807, 2.05) is 0 Å². The van der Waals surface area contributed by atoms with Crippen LogP contribution in [0.5, 0.6) is 0 Å². The van der Waals surface area contributed by atoms with Crippen molar-refractivity contribution in [3.63, 3.8) is 0 Å². The quantitative estimate of drug-likeness (QED) is 0.655. The van der Waals surface area contributed by atoms with Gasteiger partial charge in [0.05, 0.1) is 18.7 Å². The predicted octanol–water partition coefficient (Wildman–Crippen LogP) is 2.39. The van der Waals surface area contributed by atoms with Gasteiger partial charge in [0.2, 0.25) is 5.91 Å². The lowest BCUT2D eigenvalue weighted by Gasteiger charge is -2.34. The first-order valence-corrected chi connectivity index (χ1v) is 11.3. The van der Waals surface area contributed by atoms with Crippen molar-refractivity contribution >= 4 is 27.8 Å². The molecule has 0 unspecified atom stereocenters. The first-order chi connectivity index (χ1) is 14.8. The second-order valence-corrected chi connectivity index (χ2v) is 8.93. The summed E-state index contributed by atoms with van der Waals surface area (Å²) in [7, 11) is -3.83. The molecule has 8 nitrogen and oxygen atoms in total. The van der Waals surface area contributed by atoms with Gasteiger partial charge in [-0.15, -0.1) is 0 Å². The van der Waals surface area contributed by atoms with Crippen LogP contribution in [0.2, 0.25) is 0 Å². The van der Waals surface area contributed by atoms with Gasteiger partial charge in [0, 0.05) is 25.3 Å². The number of nitrogens with one attached hydrogen (secondary N) is 1. The lowest BCUT2D eigenvalue weighted by atomic mass is 10.2. The van der Waals surface area contributed by atoms with Crippen LogP contribution in [0.25, 0.3) is 0 Å². The molecule has 1 heterocycles. The Kier molecular flexibility index (Phi) is 7.37. The number of amides is 1. The average molecular weight is 450 g/mol. The van der Waals surface area contributed by atoms with Crippen LogP contribution >= 0.6 is 0 Å². The number of carbonyl (C=O) groups excluding carboxylic acids is 2. The third-order valence-electron chi connectivity index (χ3n) is 4.74. The van der Waals surface area contributed by atoms with Gasteiger partial charge in [0.15, 0.2) is 0 Å². The predicted molar refractivity (Wildman–Crippen MR) is 113 cm³/mol. The molecule has 166 valence electrons. The van der Waals surface area contributed by atoms with E-state index in [1.165, 1.54) is 40.7 Å². The van der Waals surface area contributed by atoms with Gasteiger partial charge in [-0.3, -0.25) is 4.79 Å². The van der Waals surface area contributed by atoms with Crippen molar-refractivity contribution in [1.29, 1.82) is 0 Å². The number of carbonyl (C=O) groups is 2. The zero-order valence-electron chi connectivity index (χ0n) is 17.1. The van der Waals surface area contributed by atoms with E-state index < -0.39 is 22.1 Å². The summed E-state index contributed by atoms with van der Waals surface area (Å²) in [6.45, 7) is 2.31. The topological polar surface area (TPSA) is 96.0 Å². The summed E-state index contributed by atoms with van der Waals surface area (Å²) >= 11 is 0. The van der Waals surface area contributed by atoms with Crippen LogP contribution in [0.4, 0.5) is 10.1 Å². The number of rotatable bonds is 7. The fourth-order valence-corrected chi connectivity index (χ4v) is 4.84. The zero-order valence-corrected chi connectivity index (χ0v) is 17.9. The highest BCUT2D eigenvalue weighted by Crippen LogP contribution is 2.20. The second kappa shape index (κ2) is 9.99.